The first kappa shape index (κ1) is 24.4. The molecule has 2 heterocycles. The Balaban J connectivity index is 1.35. The number of imide groups is 1. The van der Waals surface area contributed by atoms with Gasteiger partial charge < -0.3 is 15.5 Å². The maximum atomic E-state index is 13.0. The minimum absolute atomic E-state index is 0.0296. The summed E-state index contributed by atoms with van der Waals surface area (Å²) in [5, 5.41) is 5.75. The molecule has 0 aromatic heterocycles. The summed E-state index contributed by atoms with van der Waals surface area (Å²) in [6.07, 6.45) is 4.45. The highest BCUT2D eigenvalue weighted by Gasteiger charge is 2.35. The zero-order valence-electron chi connectivity index (χ0n) is 20.1. The number of benzene rings is 2. The van der Waals surface area contributed by atoms with Gasteiger partial charge in [-0.2, -0.15) is 0 Å². The minimum Gasteiger partial charge on any atom is -0.371 e. The highest BCUT2D eigenvalue weighted by atomic mass is 16.2. The van der Waals surface area contributed by atoms with Crippen LogP contribution in [0.5, 0.6) is 0 Å². The topological polar surface area (TPSA) is 98.8 Å². The molecule has 1 unspecified atom stereocenters. The molecule has 1 saturated heterocycles. The summed E-state index contributed by atoms with van der Waals surface area (Å²) >= 11 is 0. The first-order chi connectivity index (χ1) is 17.0. The third kappa shape index (κ3) is 5.70. The van der Waals surface area contributed by atoms with E-state index in [9.17, 15) is 19.2 Å². The van der Waals surface area contributed by atoms with Crippen LogP contribution in [-0.2, 0) is 9.59 Å². The van der Waals surface area contributed by atoms with E-state index in [4.69, 9.17) is 0 Å². The lowest BCUT2D eigenvalue weighted by Crippen LogP contribution is -2.45. The fraction of sp³-hybridized carbons (Fsp3) is 0.407. The molecule has 184 valence electrons. The monoisotopic (exact) mass is 476 g/mol. The molecule has 8 nitrogen and oxygen atoms in total. The number of rotatable bonds is 10. The van der Waals surface area contributed by atoms with Crippen LogP contribution in [0.15, 0.2) is 48.5 Å². The molecule has 2 aromatic carbocycles. The predicted molar refractivity (Wildman–Crippen MR) is 134 cm³/mol. The summed E-state index contributed by atoms with van der Waals surface area (Å²) < 4.78 is 0. The number of carbonyl (C=O) groups excluding carboxylic acids is 4. The second-order valence-electron chi connectivity index (χ2n) is 9.05. The van der Waals surface area contributed by atoms with Gasteiger partial charge in [0.1, 0.15) is 6.04 Å². The third-order valence-electron chi connectivity index (χ3n) is 6.52. The Labute approximate surface area is 205 Å². The van der Waals surface area contributed by atoms with Crippen molar-refractivity contribution < 1.29 is 19.2 Å². The molecule has 0 bridgehead atoms. The van der Waals surface area contributed by atoms with Gasteiger partial charge in [0.25, 0.3) is 11.8 Å². The summed E-state index contributed by atoms with van der Waals surface area (Å²) in [6.45, 7) is 4.02. The number of hydrogen-bond acceptors (Lipinski definition) is 5. The van der Waals surface area contributed by atoms with Crippen molar-refractivity contribution in [2.24, 2.45) is 0 Å². The number of unbranched alkanes of at least 4 members (excludes halogenated alkanes) is 1. The highest BCUT2D eigenvalue weighted by molar-refractivity contribution is 6.21. The zero-order valence-corrected chi connectivity index (χ0v) is 20.1. The molecule has 0 radical (unpaired) electrons. The van der Waals surface area contributed by atoms with Crippen molar-refractivity contribution in [1.82, 2.24) is 10.2 Å². The van der Waals surface area contributed by atoms with Gasteiger partial charge in [0, 0.05) is 37.4 Å². The van der Waals surface area contributed by atoms with E-state index in [-0.39, 0.29) is 24.8 Å². The van der Waals surface area contributed by atoms with Gasteiger partial charge in [0.15, 0.2) is 0 Å². The van der Waals surface area contributed by atoms with Crippen molar-refractivity contribution in [1.29, 1.82) is 0 Å². The number of amides is 4. The smallest absolute Gasteiger partial charge is 0.261 e. The van der Waals surface area contributed by atoms with Gasteiger partial charge in [-0.15, -0.1) is 0 Å². The molecule has 1 fully saturated rings. The zero-order chi connectivity index (χ0) is 24.8. The van der Waals surface area contributed by atoms with Crippen molar-refractivity contribution in [3.05, 3.63) is 59.7 Å². The normalized spacial score (nSPS) is 15.8. The summed E-state index contributed by atoms with van der Waals surface area (Å²) in [4.78, 5) is 54.2. The van der Waals surface area contributed by atoms with Crippen LogP contribution < -0.4 is 15.5 Å². The van der Waals surface area contributed by atoms with E-state index in [0.29, 0.717) is 23.2 Å². The van der Waals surface area contributed by atoms with Crippen LogP contribution in [0.25, 0.3) is 0 Å². The quantitative estimate of drug-likeness (QED) is 0.511. The standard InChI is InChI=1S/C27H32N4O4/c1-2-3-13-23(25(33)28-19-9-8-10-20(18-19)30-15-6-7-16-30)29-24(32)14-17-31-26(34)21-11-4-5-12-22(21)27(31)35/h4-5,8-12,18,23H,2-3,6-7,13-17H2,1H3,(H,28,33)(H,29,32). The van der Waals surface area contributed by atoms with E-state index in [2.05, 4.69) is 15.5 Å². The Morgan fingerprint density at radius 1 is 0.971 bits per heavy atom. The van der Waals surface area contributed by atoms with Crippen LogP contribution in [0.4, 0.5) is 11.4 Å². The van der Waals surface area contributed by atoms with Gasteiger partial charge >= 0.3 is 0 Å². The molecular formula is C27H32N4O4. The Morgan fingerprint density at radius 2 is 1.66 bits per heavy atom. The van der Waals surface area contributed by atoms with Crippen LogP contribution in [-0.4, -0.2) is 54.2 Å². The molecule has 2 aliphatic heterocycles. The Kier molecular flexibility index (Phi) is 7.80. The summed E-state index contributed by atoms with van der Waals surface area (Å²) in [5.74, 6) is -1.43. The molecular weight excluding hydrogens is 444 g/mol. The number of carbonyl (C=O) groups is 4. The van der Waals surface area contributed by atoms with Gasteiger partial charge in [-0.25, -0.2) is 0 Å². The molecule has 0 spiro atoms. The van der Waals surface area contributed by atoms with Crippen LogP contribution in [0.2, 0.25) is 0 Å². The van der Waals surface area contributed by atoms with E-state index in [1.54, 1.807) is 24.3 Å². The van der Waals surface area contributed by atoms with E-state index in [0.717, 1.165) is 36.5 Å². The summed E-state index contributed by atoms with van der Waals surface area (Å²) in [5.41, 5.74) is 2.49. The number of nitrogens with zero attached hydrogens (tertiary/aromatic N) is 2. The number of nitrogens with one attached hydrogen (secondary N) is 2. The van der Waals surface area contributed by atoms with Gasteiger partial charge in [0.05, 0.1) is 11.1 Å². The minimum atomic E-state index is -0.694. The Bertz CT molecular complexity index is 1070. The maximum Gasteiger partial charge on any atom is 0.261 e. The molecule has 4 amide bonds. The fourth-order valence-electron chi connectivity index (χ4n) is 4.58. The fourth-order valence-corrected chi connectivity index (χ4v) is 4.58. The van der Waals surface area contributed by atoms with Crippen molar-refractivity contribution in [2.45, 2.75) is 51.5 Å². The molecule has 8 heteroatoms. The molecule has 2 N–H and O–H groups in total. The van der Waals surface area contributed by atoms with Gasteiger partial charge in [0.2, 0.25) is 11.8 Å². The SMILES string of the molecule is CCCCC(NC(=O)CCN1C(=O)c2ccccc2C1=O)C(=O)Nc1cccc(N2CCCC2)c1. The molecule has 2 aliphatic rings. The maximum absolute atomic E-state index is 13.0. The van der Waals surface area contributed by atoms with Gasteiger partial charge in [-0.1, -0.05) is 38.0 Å². The van der Waals surface area contributed by atoms with Crippen LogP contribution in [0, 0.1) is 0 Å². The molecule has 1 atom stereocenters. The third-order valence-corrected chi connectivity index (χ3v) is 6.52. The number of fused-ring (bicyclic) bond motifs is 1. The molecule has 35 heavy (non-hydrogen) atoms. The van der Waals surface area contributed by atoms with Crippen LogP contribution in [0.1, 0.15) is 66.2 Å². The van der Waals surface area contributed by atoms with E-state index in [1.807, 2.05) is 31.2 Å². The van der Waals surface area contributed by atoms with Crippen molar-refractivity contribution >= 4 is 35.0 Å². The van der Waals surface area contributed by atoms with E-state index >= 15 is 0 Å². The van der Waals surface area contributed by atoms with E-state index in [1.165, 1.54) is 12.8 Å². The summed E-state index contributed by atoms with van der Waals surface area (Å²) in [6, 6.07) is 13.7. The van der Waals surface area contributed by atoms with E-state index < -0.39 is 17.9 Å². The largest absolute Gasteiger partial charge is 0.371 e. The number of hydrogen-bond donors (Lipinski definition) is 2. The van der Waals surface area contributed by atoms with Crippen molar-refractivity contribution in [2.75, 3.05) is 29.9 Å². The second kappa shape index (κ2) is 11.2. The summed E-state index contributed by atoms with van der Waals surface area (Å²) in [7, 11) is 0. The second-order valence-corrected chi connectivity index (χ2v) is 9.05. The van der Waals surface area contributed by atoms with Crippen LogP contribution >= 0.6 is 0 Å². The molecule has 0 aliphatic carbocycles. The lowest BCUT2D eigenvalue weighted by molar-refractivity contribution is -0.126. The molecule has 4 rings (SSSR count). The Morgan fingerprint density at radius 3 is 2.31 bits per heavy atom. The molecule has 2 aromatic rings. The first-order valence-corrected chi connectivity index (χ1v) is 12.4. The highest BCUT2D eigenvalue weighted by Crippen LogP contribution is 2.24. The first-order valence-electron chi connectivity index (χ1n) is 12.4. The molecule has 0 saturated carbocycles. The lowest BCUT2D eigenvalue weighted by Gasteiger charge is -2.21. The van der Waals surface area contributed by atoms with Crippen molar-refractivity contribution in [3.8, 4) is 0 Å². The van der Waals surface area contributed by atoms with Gasteiger partial charge in [-0.05, 0) is 49.6 Å². The van der Waals surface area contributed by atoms with Crippen LogP contribution in [0.3, 0.4) is 0 Å². The average Bonchev–Trinajstić information content (AvgIpc) is 3.49. The number of anilines is 2. The predicted octanol–water partition coefficient (Wildman–Crippen LogP) is 3.59. The Hall–Kier alpha value is -3.68. The lowest BCUT2D eigenvalue weighted by atomic mass is 10.1. The van der Waals surface area contributed by atoms with Crippen molar-refractivity contribution in [3.63, 3.8) is 0 Å². The average molecular weight is 477 g/mol. The van der Waals surface area contributed by atoms with Gasteiger partial charge in [-0.3, -0.25) is 24.1 Å².